The molecule has 34 heavy (non-hydrogen) atoms. The first-order valence-electron chi connectivity index (χ1n) is 12.1. The molecule has 11 heteroatoms. The largest absolute Gasteiger partial charge is 0.379 e. The first-order valence-corrected chi connectivity index (χ1v) is 12.1. The van der Waals surface area contributed by atoms with Gasteiger partial charge in [0.25, 0.3) is 0 Å². The molecule has 2 fully saturated rings. The number of imidazole rings is 1. The molecule has 0 saturated carbocycles. The van der Waals surface area contributed by atoms with Gasteiger partial charge in [-0.2, -0.15) is 0 Å². The molecule has 5 heterocycles. The molecule has 0 aromatic carbocycles. The SMILES string of the molecule is Cc1cc(N2CCC(NC(c3nnnn3C3CCOC3)c3nc(C)c(C)n3C)CC2)nc(C)n1. The van der Waals surface area contributed by atoms with E-state index >= 15 is 0 Å². The zero-order chi connectivity index (χ0) is 23.8. The summed E-state index contributed by atoms with van der Waals surface area (Å²) >= 11 is 0. The summed E-state index contributed by atoms with van der Waals surface area (Å²) in [6.45, 7) is 11.4. The predicted octanol–water partition coefficient (Wildman–Crippen LogP) is 1.74. The number of hydrogen-bond donors (Lipinski definition) is 1. The molecular formula is C23H34N10O. The Morgan fingerprint density at radius 2 is 1.82 bits per heavy atom. The van der Waals surface area contributed by atoms with Crippen molar-refractivity contribution in [2.75, 3.05) is 31.2 Å². The molecule has 5 rings (SSSR count). The molecule has 2 atom stereocenters. The van der Waals surface area contributed by atoms with Crippen molar-refractivity contribution >= 4 is 5.82 Å². The zero-order valence-corrected chi connectivity index (χ0v) is 20.7. The van der Waals surface area contributed by atoms with Gasteiger partial charge in [-0.1, -0.05) is 0 Å². The van der Waals surface area contributed by atoms with E-state index in [0.717, 1.165) is 79.3 Å². The van der Waals surface area contributed by atoms with Gasteiger partial charge >= 0.3 is 0 Å². The second-order valence-corrected chi connectivity index (χ2v) is 9.47. The van der Waals surface area contributed by atoms with Crippen LogP contribution in [0.4, 0.5) is 5.82 Å². The topological polar surface area (TPSA) is 112 Å². The van der Waals surface area contributed by atoms with Crippen LogP contribution in [0.25, 0.3) is 0 Å². The van der Waals surface area contributed by atoms with Crippen molar-refractivity contribution in [2.45, 2.75) is 65.1 Å². The molecule has 0 amide bonds. The van der Waals surface area contributed by atoms with Gasteiger partial charge in [0.05, 0.1) is 18.3 Å². The number of rotatable bonds is 6. The van der Waals surface area contributed by atoms with Crippen molar-refractivity contribution in [3.63, 3.8) is 0 Å². The smallest absolute Gasteiger partial charge is 0.176 e. The van der Waals surface area contributed by atoms with Gasteiger partial charge in [0.2, 0.25) is 0 Å². The summed E-state index contributed by atoms with van der Waals surface area (Å²) in [5, 5.41) is 16.7. The fraction of sp³-hybridized carbons (Fsp3) is 0.652. The molecule has 3 aromatic rings. The van der Waals surface area contributed by atoms with Crippen molar-refractivity contribution < 1.29 is 4.74 Å². The summed E-state index contributed by atoms with van der Waals surface area (Å²) in [5.41, 5.74) is 3.18. The lowest BCUT2D eigenvalue weighted by atomic mass is 10.0. The third kappa shape index (κ3) is 4.41. The van der Waals surface area contributed by atoms with E-state index < -0.39 is 0 Å². The number of piperidine rings is 1. The first-order chi connectivity index (χ1) is 16.4. The van der Waals surface area contributed by atoms with Gasteiger partial charge in [-0.05, 0) is 57.4 Å². The average molecular weight is 467 g/mol. The van der Waals surface area contributed by atoms with Crippen LogP contribution in [0.3, 0.4) is 0 Å². The van der Waals surface area contributed by atoms with Crippen molar-refractivity contribution in [3.8, 4) is 0 Å². The van der Waals surface area contributed by atoms with Crippen LogP contribution in [0.2, 0.25) is 0 Å². The molecule has 2 unspecified atom stereocenters. The minimum absolute atomic E-state index is 0.155. The number of anilines is 1. The number of aromatic nitrogens is 8. The summed E-state index contributed by atoms with van der Waals surface area (Å²) in [7, 11) is 2.06. The van der Waals surface area contributed by atoms with E-state index in [-0.39, 0.29) is 12.1 Å². The average Bonchev–Trinajstić information content (AvgIpc) is 3.56. The van der Waals surface area contributed by atoms with E-state index in [1.807, 2.05) is 25.5 Å². The Labute approximate surface area is 199 Å². The zero-order valence-electron chi connectivity index (χ0n) is 20.7. The van der Waals surface area contributed by atoms with Crippen molar-refractivity contribution in [1.82, 2.24) is 45.0 Å². The van der Waals surface area contributed by atoms with Crippen LogP contribution >= 0.6 is 0 Å². The van der Waals surface area contributed by atoms with Crippen molar-refractivity contribution in [1.29, 1.82) is 0 Å². The summed E-state index contributed by atoms with van der Waals surface area (Å²) in [4.78, 5) is 16.3. The van der Waals surface area contributed by atoms with Gasteiger partial charge in [-0.15, -0.1) is 5.10 Å². The maximum absolute atomic E-state index is 5.62. The first kappa shape index (κ1) is 22.9. The van der Waals surface area contributed by atoms with E-state index in [1.165, 1.54) is 0 Å². The van der Waals surface area contributed by atoms with Crippen LogP contribution in [0.5, 0.6) is 0 Å². The molecule has 0 aliphatic carbocycles. The summed E-state index contributed by atoms with van der Waals surface area (Å²) < 4.78 is 9.70. The van der Waals surface area contributed by atoms with E-state index in [1.54, 1.807) is 0 Å². The second kappa shape index (κ2) is 9.38. The highest BCUT2D eigenvalue weighted by Gasteiger charge is 2.33. The van der Waals surface area contributed by atoms with Crippen LogP contribution in [0.1, 0.15) is 65.9 Å². The Kier molecular flexibility index (Phi) is 6.30. The third-order valence-corrected chi connectivity index (χ3v) is 7.11. The third-order valence-electron chi connectivity index (χ3n) is 7.11. The molecule has 2 saturated heterocycles. The van der Waals surface area contributed by atoms with Crippen molar-refractivity contribution in [3.05, 3.63) is 40.6 Å². The normalized spacial score (nSPS) is 20.3. The fourth-order valence-electron chi connectivity index (χ4n) is 5.00. The van der Waals surface area contributed by atoms with Crippen LogP contribution in [0.15, 0.2) is 6.07 Å². The molecule has 0 radical (unpaired) electrons. The minimum Gasteiger partial charge on any atom is -0.379 e. The monoisotopic (exact) mass is 466 g/mol. The minimum atomic E-state index is -0.201. The molecule has 182 valence electrons. The van der Waals surface area contributed by atoms with E-state index in [2.05, 4.69) is 60.3 Å². The van der Waals surface area contributed by atoms with Gasteiger partial charge in [0, 0.05) is 50.2 Å². The summed E-state index contributed by atoms with van der Waals surface area (Å²) in [5.74, 6) is 3.57. The fourth-order valence-corrected chi connectivity index (χ4v) is 5.00. The van der Waals surface area contributed by atoms with E-state index in [9.17, 15) is 0 Å². The lowest BCUT2D eigenvalue weighted by Crippen LogP contribution is -2.45. The highest BCUT2D eigenvalue weighted by atomic mass is 16.5. The molecule has 11 nitrogen and oxygen atoms in total. The Morgan fingerprint density at radius 1 is 1.03 bits per heavy atom. The van der Waals surface area contributed by atoms with E-state index in [4.69, 9.17) is 9.72 Å². The molecular weight excluding hydrogens is 432 g/mol. The lowest BCUT2D eigenvalue weighted by molar-refractivity contribution is 0.183. The van der Waals surface area contributed by atoms with Gasteiger partial charge in [0.1, 0.15) is 23.5 Å². The summed E-state index contributed by atoms with van der Waals surface area (Å²) in [6.07, 6.45) is 2.91. The maximum atomic E-state index is 5.62. The lowest BCUT2D eigenvalue weighted by Gasteiger charge is -2.35. The number of aryl methyl sites for hydroxylation is 3. The van der Waals surface area contributed by atoms with Crippen LogP contribution < -0.4 is 10.2 Å². The quantitative estimate of drug-likeness (QED) is 0.580. The number of nitrogens with zero attached hydrogens (tertiary/aromatic N) is 9. The Bertz CT molecular complexity index is 1120. The molecule has 1 N–H and O–H groups in total. The van der Waals surface area contributed by atoms with Gasteiger partial charge in [-0.3, -0.25) is 5.32 Å². The Hall–Kier alpha value is -2.92. The molecule has 0 bridgehead atoms. The van der Waals surface area contributed by atoms with Crippen molar-refractivity contribution in [2.24, 2.45) is 7.05 Å². The number of tetrazole rings is 1. The van der Waals surface area contributed by atoms with Crippen LogP contribution in [-0.2, 0) is 11.8 Å². The Balaban J connectivity index is 1.38. The summed E-state index contributed by atoms with van der Waals surface area (Å²) in [6, 6.07) is 2.34. The standard InChI is InChI=1S/C23H34N10O/c1-14-12-20(26-17(4)24-14)32-9-6-18(7-10-32)27-21(22-25-15(2)16(3)31(22)5)23-28-29-30-33(23)19-8-11-34-13-19/h12,18-19,21,27H,6-11,13H2,1-5H3. The second-order valence-electron chi connectivity index (χ2n) is 9.47. The predicted molar refractivity (Wildman–Crippen MR) is 127 cm³/mol. The van der Waals surface area contributed by atoms with Crippen LogP contribution in [-0.4, -0.2) is 72.1 Å². The van der Waals surface area contributed by atoms with Gasteiger partial charge in [-0.25, -0.2) is 19.6 Å². The number of ether oxygens (including phenoxy) is 1. The van der Waals surface area contributed by atoms with Gasteiger partial charge < -0.3 is 14.2 Å². The van der Waals surface area contributed by atoms with Gasteiger partial charge in [0.15, 0.2) is 5.82 Å². The molecule has 2 aliphatic rings. The number of hydrogen-bond acceptors (Lipinski definition) is 9. The Morgan fingerprint density at radius 3 is 2.47 bits per heavy atom. The van der Waals surface area contributed by atoms with E-state index in [0.29, 0.717) is 12.6 Å². The highest BCUT2D eigenvalue weighted by molar-refractivity contribution is 5.40. The maximum Gasteiger partial charge on any atom is 0.176 e. The molecule has 3 aromatic heterocycles. The number of nitrogens with one attached hydrogen (secondary N) is 1. The van der Waals surface area contributed by atoms with Crippen LogP contribution in [0, 0.1) is 27.7 Å². The molecule has 0 spiro atoms. The molecule has 2 aliphatic heterocycles. The highest BCUT2D eigenvalue weighted by Crippen LogP contribution is 2.28.